The number of rotatable bonds is 8. The van der Waals surface area contributed by atoms with Crippen LogP contribution in [0.2, 0.25) is 0 Å². The van der Waals surface area contributed by atoms with Gasteiger partial charge < -0.3 is 10.6 Å². The molecule has 2 N–H and O–H groups in total. The van der Waals surface area contributed by atoms with Crippen LogP contribution in [0.3, 0.4) is 0 Å². The Balaban J connectivity index is 1.99. The van der Waals surface area contributed by atoms with Crippen molar-refractivity contribution in [1.82, 2.24) is 9.97 Å². The van der Waals surface area contributed by atoms with E-state index in [9.17, 15) is 26.8 Å². The van der Waals surface area contributed by atoms with Crippen LogP contribution < -0.4 is 10.6 Å². The van der Waals surface area contributed by atoms with Gasteiger partial charge in [0.15, 0.2) is 5.78 Å². The van der Waals surface area contributed by atoms with Gasteiger partial charge in [-0.2, -0.15) is 8.78 Å². The van der Waals surface area contributed by atoms with E-state index in [1.807, 2.05) is 6.92 Å². The predicted octanol–water partition coefficient (Wildman–Crippen LogP) is 3.40. The summed E-state index contributed by atoms with van der Waals surface area (Å²) in [5.41, 5.74) is 0.210. The van der Waals surface area contributed by atoms with Crippen molar-refractivity contribution in [3.05, 3.63) is 36.2 Å². The number of halogens is 2. The topological polar surface area (TPSA) is 118 Å². The molecule has 0 aliphatic heterocycles. The largest absolute Gasteiger partial charge is 0.341 e. The highest BCUT2D eigenvalue weighted by atomic mass is 32.2. The zero-order valence-corrected chi connectivity index (χ0v) is 17.0. The lowest BCUT2D eigenvalue weighted by Crippen LogP contribution is -2.17. The van der Waals surface area contributed by atoms with Gasteiger partial charge in [-0.25, -0.2) is 18.4 Å². The summed E-state index contributed by atoms with van der Waals surface area (Å²) in [6.07, 6.45) is 3.37. The molecule has 0 unspecified atom stereocenters. The Morgan fingerprint density at radius 3 is 2.60 bits per heavy atom. The average molecular weight is 438 g/mol. The SMILES string of the molecule is CCC(=O)c1cnc(NC(=O)[C@H]2C[C@@H]2C)cc1Nc1ncccc1S(=O)(=O)C(F)F. The molecule has 3 rings (SSSR count). The highest BCUT2D eigenvalue weighted by molar-refractivity contribution is 7.91. The van der Waals surface area contributed by atoms with E-state index in [4.69, 9.17) is 0 Å². The fraction of sp³-hybridized carbons (Fsp3) is 0.368. The number of anilines is 3. The van der Waals surface area contributed by atoms with Gasteiger partial charge in [-0.1, -0.05) is 13.8 Å². The van der Waals surface area contributed by atoms with Crippen LogP contribution in [-0.4, -0.2) is 35.8 Å². The van der Waals surface area contributed by atoms with Gasteiger partial charge in [0.25, 0.3) is 0 Å². The summed E-state index contributed by atoms with van der Waals surface area (Å²) in [6, 6.07) is 3.56. The smallest absolute Gasteiger partial charge is 0.338 e. The van der Waals surface area contributed by atoms with Crippen molar-refractivity contribution in [2.45, 2.75) is 37.3 Å². The first kappa shape index (κ1) is 21.8. The van der Waals surface area contributed by atoms with E-state index in [-0.39, 0.29) is 52.8 Å². The first-order valence-corrected chi connectivity index (χ1v) is 10.8. The van der Waals surface area contributed by atoms with Crippen molar-refractivity contribution < 1.29 is 26.8 Å². The molecule has 0 saturated heterocycles. The second-order valence-corrected chi connectivity index (χ2v) is 8.87. The van der Waals surface area contributed by atoms with Gasteiger partial charge in [0.1, 0.15) is 16.5 Å². The number of nitrogens with one attached hydrogen (secondary N) is 2. The maximum absolute atomic E-state index is 13.0. The molecule has 8 nitrogen and oxygen atoms in total. The van der Waals surface area contributed by atoms with E-state index in [2.05, 4.69) is 20.6 Å². The monoisotopic (exact) mass is 438 g/mol. The van der Waals surface area contributed by atoms with Crippen LogP contribution in [0.25, 0.3) is 0 Å². The number of hydrogen-bond acceptors (Lipinski definition) is 7. The van der Waals surface area contributed by atoms with E-state index < -0.39 is 20.5 Å². The van der Waals surface area contributed by atoms with E-state index in [0.717, 1.165) is 12.5 Å². The van der Waals surface area contributed by atoms with Crippen molar-refractivity contribution in [1.29, 1.82) is 0 Å². The quantitative estimate of drug-likeness (QED) is 0.607. The standard InChI is InChI=1S/C19H20F2N4O4S/c1-3-14(26)12-9-23-16(25-18(27)11-7-10(11)2)8-13(12)24-17-15(5-4-6-22-17)30(28,29)19(20)21/h4-6,8-11,19H,3,7H2,1-2H3,(H2,22,23,24,25,27)/t10-,11-/m0/s1. The van der Waals surface area contributed by atoms with Crippen molar-refractivity contribution in [2.24, 2.45) is 11.8 Å². The van der Waals surface area contributed by atoms with Crippen LogP contribution in [-0.2, 0) is 14.6 Å². The number of hydrogen-bond donors (Lipinski definition) is 2. The van der Waals surface area contributed by atoms with Gasteiger partial charge in [-0.3, -0.25) is 9.59 Å². The molecule has 1 saturated carbocycles. The lowest BCUT2D eigenvalue weighted by Gasteiger charge is -2.15. The molecule has 160 valence electrons. The zero-order valence-electron chi connectivity index (χ0n) is 16.2. The van der Waals surface area contributed by atoms with Gasteiger partial charge in [-0.05, 0) is 24.5 Å². The van der Waals surface area contributed by atoms with E-state index in [1.54, 1.807) is 6.92 Å². The summed E-state index contributed by atoms with van der Waals surface area (Å²) < 4.78 is 50.0. The Morgan fingerprint density at radius 1 is 1.30 bits per heavy atom. The van der Waals surface area contributed by atoms with Crippen LogP contribution >= 0.6 is 0 Å². The van der Waals surface area contributed by atoms with Crippen molar-refractivity contribution >= 4 is 38.9 Å². The number of carbonyl (C=O) groups is 2. The maximum Gasteiger partial charge on any atom is 0.341 e. The Labute approximate surface area is 172 Å². The predicted molar refractivity (Wildman–Crippen MR) is 105 cm³/mol. The second-order valence-electron chi connectivity index (χ2n) is 6.98. The first-order chi connectivity index (χ1) is 14.1. The van der Waals surface area contributed by atoms with Crippen LogP contribution in [0.1, 0.15) is 37.0 Å². The lowest BCUT2D eigenvalue weighted by atomic mass is 10.1. The number of sulfone groups is 1. The fourth-order valence-corrected chi connectivity index (χ4v) is 3.72. The molecule has 0 radical (unpaired) electrons. The summed E-state index contributed by atoms with van der Waals surface area (Å²) in [6.45, 7) is 3.57. The summed E-state index contributed by atoms with van der Waals surface area (Å²) in [5.74, 6) is -4.21. The van der Waals surface area contributed by atoms with Crippen LogP contribution in [0, 0.1) is 11.8 Å². The fourth-order valence-electron chi connectivity index (χ4n) is 2.88. The molecule has 11 heteroatoms. The van der Waals surface area contributed by atoms with E-state index in [0.29, 0.717) is 0 Å². The van der Waals surface area contributed by atoms with Crippen molar-refractivity contribution in [3.63, 3.8) is 0 Å². The molecule has 0 spiro atoms. The third-order valence-electron chi connectivity index (χ3n) is 4.79. The Morgan fingerprint density at radius 2 is 2.00 bits per heavy atom. The van der Waals surface area contributed by atoms with E-state index >= 15 is 0 Å². The minimum absolute atomic E-state index is 0.0976. The highest BCUT2D eigenvalue weighted by Gasteiger charge is 2.39. The zero-order chi connectivity index (χ0) is 22.1. The summed E-state index contributed by atoms with van der Waals surface area (Å²) in [7, 11) is -4.93. The molecule has 1 aliphatic rings. The molecule has 0 bridgehead atoms. The highest BCUT2D eigenvalue weighted by Crippen LogP contribution is 2.38. The number of Topliss-reactive ketones (excluding diaryl/α,β-unsaturated/α-hetero) is 1. The summed E-state index contributed by atoms with van der Waals surface area (Å²) in [4.78, 5) is 31.7. The van der Waals surface area contributed by atoms with Gasteiger partial charge in [0.2, 0.25) is 15.7 Å². The molecule has 2 aromatic rings. The number of carbonyl (C=O) groups excluding carboxylic acids is 2. The van der Waals surface area contributed by atoms with Gasteiger partial charge in [0, 0.05) is 30.8 Å². The molecule has 30 heavy (non-hydrogen) atoms. The van der Waals surface area contributed by atoms with Crippen LogP contribution in [0.15, 0.2) is 35.5 Å². The van der Waals surface area contributed by atoms with E-state index in [1.165, 1.54) is 24.5 Å². The van der Waals surface area contributed by atoms with Gasteiger partial charge >= 0.3 is 5.76 Å². The number of pyridine rings is 2. The molecule has 2 heterocycles. The molecular formula is C19H20F2N4O4S. The van der Waals surface area contributed by atoms with Crippen LogP contribution in [0.5, 0.6) is 0 Å². The number of nitrogens with zero attached hydrogens (tertiary/aromatic N) is 2. The Hall–Kier alpha value is -2.95. The summed E-state index contributed by atoms with van der Waals surface area (Å²) in [5, 5.41) is 5.30. The number of amides is 1. The molecule has 1 aliphatic carbocycles. The van der Waals surface area contributed by atoms with Crippen molar-refractivity contribution in [3.8, 4) is 0 Å². The third kappa shape index (κ3) is 4.45. The molecule has 1 amide bonds. The third-order valence-corrected chi connectivity index (χ3v) is 6.20. The van der Waals surface area contributed by atoms with Crippen LogP contribution in [0.4, 0.5) is 26.1 Å². The number of alkyl halides is 2. The molecule has 0 aromatic carbocycles. The average Bonchev–Trinajstić information content (AvgIpc) is 3.44. The normalized spacial score (nSPS) is 18.2. The van der Waals surface area contributed by atoms with Crippen molar-refractivity contribution in [2.75, 3.05) is 10.6 Å². The van der Waals surface area contributed by atoms with Gasteiger partial charge in [-0.15, -0.1) is 0 Å². The minimum Gasteiger partial charge on any atom is -0.338 e. The maximum atomic E-state index is 13.0. The Kier molecular flexibility index (Phi) is 6.11. The molecule has 2 aromatic heterocycles. The number of aromatic nitrogens is 2. The second kappa shape index (κ2) is 8.42. The minimum atomic E-state index is -4.93. The number of ketones is 1. The molecule has 1 fully saturated rings. The van der Waals surface area contributed by atoms with Gasteiger partial charge in [0.05, 0.1) is 11.3 Å². The lowest BCUT2D eigenvalue weighted by molar-refractivity contribution is -0.117. The molecular weight excluding hydrogens is 418 g/mol. The summed E-state index contributed by atoms with van der Waals surface area (Å²) >= 11 is 0. The Bertz CT molecular complexity index is 1090. The first-order valence-electron chi connectivity index (χ1n) is 9.23. The molecule has 2 atom stereocenters.